The molecule has 3 rings (SSSR count). The van der Waals surface area contributed by atoms with Gasteiger partial charge in [0.2, 0.25) is 5.88 Å². The van der Waals surface area contributed by atoms with Gasteiger partial charge < -0.3 is 20.1 Å². The molecule has 2 fully saturated rings. The molecule has 2 N–H and O–H groups in total. The summed E-state index contributed by atoms with van der Waals surface area (Å²) in [5, 5.41) is 5.69. The molecule has 0 radical (unpaired) electrons. The van der Waals surface area contributed by atoms with Crippen LogP contribution >= 0.6 is 0 Å². The number of amides is 2. The highest BCUT2D eigenvalue weighted by atomic mass is 19.3. The number of hydrogen-bond donors (Lipinski definition) is 2. The van der Waals surface area contributed by atoms with Crippen molar-refractivity contribution in [3.8, 4) is 5.88 Å². The monoisotopic (exact) mass is 341 g/mol. The molecule has 2 heterocycles. The summed E-state index contributed by atoms with van der Waals surface area (Å²) in [4.78, 5) is 15.7. The average Bonchev–Trinajstić information content (AvgIpc) is 2.51. The van der Waals surface area contributed by atoms with Crippen molar-refractivity contribution >= 4 is 6.03 Å². The van der Waals surface area contributed by atoms with Crippen LogP contribution in [0.15, 0.2) is 18.3 Å². The number of aromatic nitrogens is 1. The molecule has 8 heteroatoms. The second-order valence-electron chi connectivity index (χ2n) is 6.28. The Balaban J connectivity index is 1.45. The smallest absolute Gasteiger partial charge is 0.388 e. The van der Waals surface area contributed by atoms with Crippen LogP contribution in [0.4, 0.5) is 13.6 Å². The van der Waals surface area contributed by atoms with Crippen molar-refractivity contribution < 1.29 is 23.0 Å². The second-order valence-corrected chi connectivity index (χ2v) is 6.28. The molecule has 1 saturated carbocycles. The number of nitrogens with zero attached hydrogens (tertiary/aromatic N) is 1. The van der Waals surface area contributed by atoms with Crippen molar-refractivity contribution in [2.75, 3.05) is 6.61 Å². The van der Waals surface area contributed by atoms with E-state index in [2.05, 4.69) is 20.4 Å². The lowest BCUT2D eigenvalue weighted by Crippen LogP contribution is -2.53. The van der Waals surface area contributed by atoms with Crippen LogP contribution in [0.2, 0.25) is 0 Å². The van der Waals surface area contributed by atoms with Crippen molar-refractivity contribution in [3.63, 3.8) is 0 Å². The van der Waals surface area contributed by atoms with Gasteiger partial charge in [-0.2, -0.15) is 8.78 Å². The summed E-state index contributed by atoms with van der Waals surface area (Å²) >= 11 is 0. The van der Waals surface area contributed by atoms with Crippen molar-refractivity contribution in [1.29, 1.82) is 0 Å². The molecule has 1 aromatic rings. The number of alkyl halides is 2. The van der Waals surface area contributed by atoms with Gasteiger partial charge in [-0.3, -0.25) is 0 Å². The second kappa shape index (κ2) is 7.29. The van der Waals surface area contributed by atoms with Gasteiger partial charge in [0, 0.05) is 31.5 Å². The summed E-state index contributed by atoms with van der Waals surface area (Å²) in [5.41, 5.74) is 0.612. The quantitative estimate of drug-likeness (QED) is 0.863. The fourth-order valence-corrected chi connectivity index (χ4v) is 3.21. The zero-order valence-electron chi connectivity index (χ0n) is 13.3. The van der Waals surface area contributed by atoms with Crippen LogP contribution in [-0.2, 0) is 11.3 Å². The zero-order chi connectivity index (χ0) is 17.0. The first-order valence-corrected chi connectivity index (χ1v) is 8.13. The summed E-state index contributed by atoms with van der Waals surface area (Å²) in [6.45, 7) is -2.04. The maximum Gasteiger partial charge on any atom is 0.388 e. The standard InChI is InChI=1S/C16H21F2N3O3/c17-14(18)24-13-8-11(2-6-19-13)10-20-15(22)21-12-3-7-23-16(9-12)4-1-5-16/h2,6,8,12,14H,1,3-5,7,9-10H2,(H2,20,21,22)/t12-/m1/s1. The molecule has 1 aromatic heterocycles. The van der Waals surface area contributed by atoms with E-state index in [0.29, 0.717) is 12.2 Å². The Morgan fingerprint density at radius 3 is 3.04 bits per heavy atom. The largest absolute Gasteiger partial charge is 0.417 e. The van der Waals surface area contributed by atoms with Crippen LogP contribution in [0.1, 0.15) is 37.7 Å². The number of carbonyl (C=O) groups excluding carboxylic acids is 1. The van der Waals surface area contributed by atoms with E-state index in [9.17, 15) is 13.6 Å². The summed E-state index contributed by atoms with van der Waals surface area (Å²) in [6.07, 6.45) is 6.34. The molecule has 132 valence electrons. The van der Waals surface area contributed by atoms with E-state index in [1.54, 1.807) is 6.07 Å². The predicted octanol–water partition coefficient (Wildman–Crippen LogP) is 2.58. The molecule has 2 amide bonds. The number of halogens is 2. The van der Waals surface area contributed by atoms with E-state index in [-0.39, 0.29) is 30.1 Å². The van der Waals surface area contributed by atoms with Crippen molar-refractivity contribution in [1.82, 2.24) is 15.6 Å². The molecule has 1 saturated heterocycles. The lowest BCUT2D eigenvalue weighted by Gasteiger charge is -2.47. The third-order valence-corrected chi connectivity index (χ3v) is 4.56. The number of carbonyl (C=O) groups is 1. The summed E-state index contributed by atoms with van der Waals surface area (Å²) in [7, 11) is 0. The maximum atomic E-state index is 12.2. The van der Waals surface area contributed by atoms with E-state index < -0.39 is 6.61 Å². The fourth-order valence-electron chi connectivity index (χ4n) is 3.21. The van der Waals surface area contributed by atoms with E-state index in [4.69, 9.17) is 4.74 Å². The Hall–Kier alpha value is -1.96. The highest BCUT2D eigenvalue weighted by Gasteiger charge is 2.42. The molecular formula is C16H21F2N3O3. The number of hydrogen-bond acceptors (Lipinski definition) is 4. The van der Waals surface area contributed by atoms with E-state index in [0.717, 1.165) is 25.7 Å². The molecule has 0 unspecified atom stereocenters. The lowest BCUT2D eigenvalue weighted by molar-refractivity contribution is -0.134. The first kappa shape index (κ1) is 16.9. The minimum Gasteiger partial charge on any atom is -0.417 e. The normalized spacial score (nSPS) is 22.0. The third kappa shape index (κ3) is 4.31. The van der Waals surface area contributed by atoms with Crippen molar-refractivity contribution in [3.05, 3.63) is 23.9 Å². The van der Waals surface area contributed by atoms with E-state index >= 15 is 0 Å². The number of rotatable bonds is 5. The Morgan fingerprint density at radius 1 is 1.50 bits per heavy atom. The van der Waals surface area contributed by atoms with Gasteiger partial charge in [0.1, 0.15) is 0 Å². The van der Waals surface area contributed by atoms with Crippen LogP contribution in [-0.4, -0.2) is 35.9 Å². The third-order valence-electron chi connectivity index (χ3n) is 4.56. The SMILES string of the molecule is O=C(NCc1ccnc(OC(F)F)c1)N[C@@H]1CCOC2(CCC2)C1. The molecule has 1 aliphatic carbocycles. The Morgan fingerprint density at radius 2 is 2.33 bits per heavy atom. The number of nitrogens with one attached hydrogen (secondary N) is 2. The van der Waals surface area contributed by atoms with E-state index in [1.165, 1.54) is 18.7 Å². The molecule has 1 aliphatic heterocycles. The molecular weight excluding hydrogens is 320 g/mol. The molecule has 1 spiro atoms. The van der Waals surface area contributed by atoms with Crippen LogP contribution < -0.4 is 15.4 Å². The molecule has 0 bridgehead atoms. The number of urea groups is 1. The molecule has 24 heavy (non-hydrogen) atoms. The van der Waals surface area contributed by atoms with Gasteiger partial charge in [-0.05, 0) is 43.7 Å². The summed E-state index contributed by atoms with van der Waals surface area (Å²) in [5.74, 6) is -0.166. The van der Waals surface area contributed by atoms with Crippen LogP contribution in [0, 0.1) is 0 Å². The van der Waals surface area contributed by atoms with Gasteiger partial charge >= 0.3 is 12.6 Å². The molecule has 2 aliphatic rings. The zero-order valence-corrected chi connectivity index (χ0v) is 13.3. The Labute approximate surface area is 138 Å². The molecule has 0 aromatic carbocycles. The van der Waals surface area contributed by atoms with Gasteiger partial charge in [0.05, 0.1) is 5.60 Å². The Kier molecular flexibility index (Phi) is 5.13. The van der Waals surface area contributed by atoms with E-state index in [1.807, 2.05) is 0 Å². The summed E-state index contributed by atoms with van der Waals surface area (Å²) < 4.78 is 34.4. The van der Waals surface area contributed by atoms with Gasteiger partial charge in [-0.15, -0.1) is 0 Å². The number of pyridine rings is 1. The minimum atomic E-state index is -2.92. The predicted molar refractivity (Wildman–Crippen MR) is 81.8 cm³/mol. The van der Waals surface area contributed by atoms with Gasteiger partial charge in [0.25, 0.3) is 0 Å². The lowest BCUT2D eigenvalue weighted by atomic mass is 9.74. The highest BCUT2D eigenvalue weighted by Crippen LogP contribution is 2.42. The van der Waals surface area contributed by atoms with Crippen molar-refractivity contribution in [2.24, 2.45) is 0 Å². The Bertz CT molecular complexity index is 581. The minimum absolute atomic E-state index is 0.0250. The highest BCUT2D eigenvalue weighted by molar-refractivity contribution is 5.74. The average molecular weight is 341 g/mol. The molecule has 6 nitrogen and oxygen atoms in total. The van der Waals surface area contributed by atoms with Crippen LogP contribution in [0.5, 0.6) is 5.88 Å². The van der Waals surface area contributed by atoms with Gasteiger partial charge in [-0.1, -0.05) is 0 Å². The topological polar surface area (TPSA) is 72.5 Å². The molecule has 1 atom stereocenters. The fraction of sp³-hybridized carbons (Fsp3) is 0.625. The number of ether oxygens (including phenoxy) is 2. The van der Waals surface area contributed by atoms with Gasteiger partial charge in [0.15, 0.2) is 0 Å². The van der Waals surface area contributed by atoms with Crippen LogP contribution in [0.3, 0.4) is 0 Å². The summed E-state index contributed by atoms with van der Waals surface area (Å²) in [6, 6.07) is 2.85. The van der Waals surface area contributed by atoms with Gasteiger partial charge in [-0.25, -0.2) is 9.78 Å². The van der Waals surface area contributed by atoms with Crippen molar-refractivity contribution in [2.45, 2.75) is 56.9 Å². The first-order chi connectivity index (χ1) is 11.5. The van der Waals surface area contributed by atoms with Crippen LogP contribution in [0.25, 0.3) is 0 Å². The first-order valence-electron chi connectivity index (χ1n) is 8.13. The maximum absolute atomic E-state index is 12.2.